The van der Waals surface area contributed by atoms with E-state index in [4.69, 9.17) is 16.3 Å². The average Bonchev–Trinajstić information content (AvgIpc) is 2.61. The Morgan fingerprint density at radius 3 is 2.44 bits per heavy atom. The minimum absolute atomic E-state index is 0.00206. The fourth-order valence-electron chi connectivity index (χ4n) is 3.16. The lowest BCUT2D eigenvalue weighted by Gasteiger charge is -2.39. The maximum atomic E-state index is 12.9. The number of ether oxygens (including phenoxy) is 1. The molecule has 8 heteroatoms. The molecule has 3 rings (SSSR count). The second-order valence-electron chi connectivity index (χ2n) is 6.13. The van der Waals surface area contributed by atoms with E-state index in [1.165, 1.54) is 6.92 Å². The number of nitrogens with one attached hydrogen (secondary N) is 1. The molecule has 7 nitrogen and oxygen atoms in total. The number of hydrogen-bond donors (Lipinski definition) is 1. The fraction of sp³-hybridized carbons (Fsp3) is 0.471. The van der Waals surface area contributed by atoms with Crippen LogP contribution in [-0.2, 0) is 19.1 Å². The van der Waals surface area contributed by atoms with Gasteiger partial charge in [0, 0.05) is 38.1 Å². The van der Waals surface area contributed by atoms with Crippen LogP contribution in [-0.4, -0.2) is 66.4 Å². The van der Waals surface area contributed by atoms with Crippen LogP contribution in [0.2, 0.25) is 5.02 Å². The molecule has 2 saturated heterocycles. The van der Waals surface area contributed by atoms with Crippen molar-refractivity contribution in [3.63, 3.8) is 0 Å². The molecule has 2 fully saturated rings. The Morgan fingerprint density at radius 1 is 1.16 bits per heavy atom. The molecule has 0 radical (unpaired) electrons. The first kappa shape index (κ1) is 17.7. The number of morpholine rings is 1. The summed E-state index contributed by atoms with van der Waals surface area (Å²) in [5, 5.41) is 3.28. The van der Waals surface area contributed by atoms with Gasteiger partial charge in [0.25, 0.3) is 5.91 Å². The molecule has 2 atom stereocenters. The van der Waals surface area contributed by atoms with Crippen LogP contribution < -0.4 is 5.32 Å². The van der Waals surface area contributed by atoms with Crippen LogP contribution in [0.1, 0.15) is 18.5 Å². The highest BCUT2D eigenvalue weighted by Gasteiger charge is 2.39. The zero-order valence-electron chi connectivity index (χ0n) is 13.9. The number of amides is 3. The topological polar surface area (TPSA) is 79.0 Å². The monoisotopic (exact) mass is 365 g/mol. The maximum absolute atomic E-state index is 12.9. The summed E-state index contributed by atoms with van der Waals surface area (Å²) in [6.45, 7) is 3.24. The standard InChI is InChI=1S/C17H20ClN3O4/c1-11(22)20-6-8-21(9-7-20)17(24)16-15(19-14(23)10-25-16)12-4-2-3-5-13(12)18/h2-5,15-16H,6-10H2,1H3,(H,19,23)/t15-,16+/m1/s1. The number of halogens is 1. The lowest BCUT2D eigenvalue weighted by Crippen LogP contribution is -2.57. The average molecular weight is 366 g/mol. The van der Waals surface area contributed by atoms with Crippen molar-refractivity contribution in [2.24, 2.45) is 0 Å². The molecular weight excluding hydrogens is 346 g/mol. The van der Waals surface area contributed by atoms with Gasteiger partial charge in [0.05, 0.1) is 6.04 Å². The molecule has 3 amide bonds. The number of hydrogen-bond acceptors (Lipinski definition) is 4. The van der Waals surface area contributed by atoms with Crippen molar-refractivity contribution in [3.8, 4) is 0 Å². The number of carbonyl (C=O) groups excluding carboxylic acids is 3. The second-order valence-corrected chi connectivity index (χ2v) is 6.54. The Balaban J connectivity index is 1.77. The summed E-state index contributed by atoms with van der Waals surface area (Å²) in [7, 11) is 0. The van der Waals surface area contributed by atoms with E-state index in [9.17, 15) is 14.4 Å². The largest absolute Gasteiger partial charge is 0.356 e. The third-order valence-electron chi connectivity index (χ3n) is 4.53. The Hall–Kier alpha value is -2.12. The van der Waals surface area contributed by atoms with Gasteiger partial charge in [-0.25, -0.2) is 0 Å². The summed E-state index contributed by atoms with van der Waals surface area (Å²) >= 11 is 6.24. The van der Waals surface area contributed by atoms with Crippen molar-refractivity contribution < 1.29 is 19.1 Å². The van der Waals surface area contributed by atoms with Gasteiger partial charge in [-0.3, -0.25) is 14.4 Å². The first-order valence-electron chi connectivity index (χ1n) is 8.17. The van der Waals surface area contributed by atoms with E-state index in [1.807, 2.05) is 0 Å². The highest BCUT2D eigenvalue weighted by molar-refractivity contribution is 6.31. The molecule has 0 saturated carbocycles. The van der Waals surface area contributed by atoms with Crippen molar-refractivity contribution in [2.45, 2.75) is 19.1 Å². The smallest absolute Gasteiger partial charge is 0.254 e. The molecular formula is C17H20ClN3O4. The molecule has 1 aromatic rings. The predicted molar refractivity (Wildman–Crippen MR) is 90.9 cm³/mol. The van der Waals surface area contributed by atoms with Crippen molar-refractivity contribution in [3.05, 3.63) is 34.9 Å². The van der Waals surface area contributed by atoms with Crippen molar-refractivity contribution in [1.82, 2.24) is 15.1 Å². The first-order chi connectivity index (χ1) is 12.0. The molecule has 2 aliphatic rings. The number of carbonyl (C=O) groups is 3. The van der Waals surface area contributed by atoms with Gasteiger partial charge in [0.15, 0.2) is 6.10 Å². The summed E-state index contributed by atoms with van der Waals surface area (Å²) in [5.41, 5.74) is 0.651. The van der Waals surface area contributed by atoms with Crippen LogP contribution in [0.15, 0.2) is 24.3 Å². The molecule has 134 valence electrons. The summed E-state index contributed by atoms with van der Waals surface area (Å²) < 4.78 is 5.56. The van der Waals surface area contributed by atoms with E-state index in [1.54, 1.807) is 34.1 Å². The zero-order valence-corrected chi connectivity index (χ0v) is 14.7. The Morgan fingerprint density at radius 2 is 1.80 bits per heavy atom. The van der Waals surface area contributed by atoms with E-state index in [2.05, 4.69) is 5.32 Å². The van der Waals surface area contributed by atoms with E-state index in [-0.39, 0.29) is 24.3 Å². The van der Waals surface area contributed by atoms with Crippen molar-refractivity contribution in [1.29, 1.82) is 0 Å². The minimum atomic E-state index is -0.832. The highest BCUT2D eigenvalue weighted by Crippen LogP contribution is 2.29. The number of benzene rings is 1. The molecule has 2 heterocycles. The minimum Gasteiger partial charge on any atom is -0.356 e. The highest BCUT2D eigenvalue weighted by atomic mass is 35.5. The lowest BCUT2D eigenvalue weighted by molar-refractivity contribution is -0.157. The summed E-state index contributed by atoms with van der Waals surface area (Å²) in [4.78, 5) is 39.5. The molecule has 0 aromatic heterocycles. The number of nitrogens with zero attached hydrogens (tertiary/aromatic N) is 2. The van der Waals surface area contributed by atoms with Gasteiger partial charge < -0.3 is 19.9 Å². The number of piperazine rings is 1. The van der Waals surface area contributed by atoms with E-state index in [0.717, 1.165) is 0 Å². The Labute approximate surface area is 150 Å². The lowest BCUT2D eigenvalue weighted by atomic mass is 9.98. The number of rotatable bonds is 2. The van der Waals surface area contributed by atoms with Gasteiger partial charge in [-0.15, -0.1) is 0 Å². The Kier molecular flexibility index (Phi) is 5.24. The molecule has 1 aromatic carbocycles. The van der Waals surface area contributed by atoms with Crippen LogP contribution in [0.5, 0.6) is 0 Å². The zero-order chi connectivity index (χ0) is 18.0. The van der Waals surface area contributed by atoms with E-state index >= 15 is 0 Å². The van der Waals surface area contributed by atoms with E-state index < -0.39 is 12.1 Å². The van der Waals surface area contributed by atoms with Crippen LogP contribution in [0.3, 0.4) is 0 Å². The molecule has 0 bridgehead atoms. The summed E-state index contributed by atoms with van der Waals surface area (Å²) in [6, 6.07) is 6.44. The first-order valence-corrected chi connectivity index (χ1v) is 8.55. The Bertz CT molecular complexity index is 688. The van der Waals surface area contributed by atoms with Gasteiger partial charge in [-0.1, -0.05) is 29.8 Å². The van der Waals surface area contributed by atoms with Crippen LogP contribution >= 0.6 is 11.6 Å². The normalized spacial score (nSPS) is 24.0. The van der Waals surface area contributed by atoms with Crippen molar-refractivity contribution in [2.75, 3.05) is 32.8 Å². The van der Waals surface area contributed by atoms with E-state index in [0.29, 0.717) is 36.8 Å². The maximum Gasteiger partial charge on any atom is 0.254 e. The summed E-state index contributed by atoms with van der Waals surface area (Å²) in [6.07, 6.45) is -0.832. The third kappa shape index (κ3) is 3.77. The molecule has 0 unspecified atom stereocenters. The van der Waals surface area contributed by atoms with Gasteiger partial charge in [-0.05, 0) is 11.6 Å². The molecule has 25 heavy (non-hydrogen) atoms. The quantitative estimate of drug-likeness (QED) is 0.831. The van der Waals surface area contributed by atoms with Gasteiger partial charge >= 0.3 is 0 Å². The second kappa shape index (κ2) is 7.41. The predicted octanol–water partition coefficient (Wildman–Crippen LogP) is 0.587. The van der Waals surface area contributed by atoms with Crippen LogP contribution in [0, 0.1) is 0 Å². The SMILES string of the molecule is CC(=O)N1CCN(C(=O)[C@H]2OCC(=O)N[C@@H]2c2ccccc2Cl)CC1. The molecule has 0 spiro atoms. The molecule has 0 aliphatic carbocycles. The van der Waals surface area contributed by atoms with Gasteiger partial charge in [0.2, 0.25) is 11.8 Å². The molecule has 2 aliphatic heterocycles. The third-order valence-corrected chi connectivity index (χ3v) is 4.88. The molecule has 1 N–H and O–H groups in total. The summed E-state index contributed by atoms with van der Waals surface area (Å²) in [5.74, 6) is -0.481. The van der Waals surface area contributed by atoms with Gasteiger partial charge in [0.1, 0.15) is 6.61 Å². The van der Waals surface area contributed by atoms with Crippen molar-refractivity contribution >= 4 is 29.3 Å². The fourth-order valence-corrected chi connectivity index (χ4v) is 3.41. The van der Waals surface area contributed by atoms with Crippen LogP contribution in [0.25, 0.3) is 0 Å². The van der Waals surface area contributed by atoms with Crippen LogP contribution in [0.4, 0.5) is 0 Å². The van der Waals surface area contributed by atoms with Gasteiger partial charge in [-0.2, -0.15) is 0 Å².